The van der Waals surface area contributed by atoms with Gasteiger partial charge in [0.2, 0.25) is 0 Å². The molecule has 92 valence electrons. The van der Waals surface area contributed by atoms with Gasteiger partial charge < -0.3 is 9.88 Å². The highest BCUT2D eigenvalue weighted by Crippen LogP contribution is 2.06. The fraction of sp³-hybridized carbons (Fsp3) is 0.714. The van der Waals surface area contributed by atoms with E-state index in [1.807, 2.05) is 0 Å². The zero-order chi connectivity index (χ0) is 11.6. The van der Waals surface area contributed by atoms with Crippen LogP contribution in [0.5, 0.6) is 0 Å². The van der Waals surface area contributed by atoms with Crippen LogP contribution in [0.15, 0.2) is 18.5 Å². The van der Waals surface area contributed by atoms with Crippen molar-refractivity contribution in [2.24, 2.45) is 0 Å². The SMILES string of the molecule is CCCCCCCn1ccc(CNCC)c1. The maximum atomic E-state index is 3.35. The lowest BCUT2D eigenvalue weighted by molar-refractivity contribution is 0.569. The number of hydrogen-bond donors (Lipinski definition) is 1. The molecule has 1 aromatic heterocycles. The minimum Gasteiger partial charge on any atom is -0.354 e. The van der Waals surface area contributed by atoms with Gasteiger partial charge in [0, 0.05) is 25.5 Å². The lowest BCUT2D eigenvalue weighted by Gasteiger charge is -2.02. The Hall–Kier alpha value is -0.760. The van der Waals surface area contributed by atoms with Crippen molar-refractivity contribution in [1.82, 2.24) is 9.88 Å². The summed E-state index contributed by atoms with van der Waals surface area (Å²) in [4.78, 5) is 0. The molecule has 0 aliphatic rings. The third-order valence-corrected chi connectivity index (χ3v) is 2.91. The van der Waals surface area contributed by atoms with Crippen LogP contribution in [0.2, 0.25) is 0 Å². The Kier molecular flexibility index (Phi) is 6.98. The number of rotatable bonds is 9. The van der Waals surface area contributed by atoms with Gasteiger partial charge in [-0.1, -0.05) is 39.5 Å². The number of aryl methyl sites for hydroxylation is 1. The summed E-state index contributed by atoms with van der Waals surface area (Å²) in [6.07, 6.45) is 11.3. The Morgan fingerprint density at radius 2 is 1.94 bits per heavy atom. The van der Waals surface area contributed by atoms with Gasteiger partial charge in [0.15, 0.2) is 0 Å². The molecule has 1 heterocycles. The molecule has 0 radical (unpaired) electrons. The van der Waals surface area contributed by atoms with E-state index in [2.05, 4.69) is 42.2 Å². The minimum absolute atomic E-state index is 0.999. The number of nitrogens with one attached hydrogen (secondary N) is 1. The average molecular weight is 222 g/mol. The van der Waals surface area contributed by atoms with Crippen molar-refractivity contribution in [3.05, 3.63) is 24.0 Å². The number of nitrogens with zero attached hydrogens (tertiary/aromatic N) is 1. The Bertz CT molecular complexity index is 265. The van der Waals surface area contributed by atoms with E-state index >= 15 is 0 Å². The van der Waals surface area contributed by atoms with E-state index in [1.54, 1.807) is 0 Å². The van der Waals surface area contributed by atoms with Crippen LogP contribution in [-0.2, 0) is 13.1 Å². The number of hydrogen-bond acceptors (Lipinski definition) is 1. The summed E-state index contributed by atoms with van der Waals surface area (Å²) in [5.74, 6) is 0. The molecule has 1 aromatic rings. The van der Waals surface area contributed by atoms with E-state index < -0.39 is 0 Å². The molecule has 0 unspecified atom stereocenters. The molecule has 0 fully saturated rings. The van der Waals surface area contributed by atoms with Gasteiger partial charge in [-0.15, -0.1) is 0 Å². The van der Waals surface area contributed by atoms with E-state index in [9.17, 15) is 0 Å². The molecule has 1 N–H and O–H groups in total. The third-order valence-electron chi connectivity index (χ3n) is 2.91. The molecule has 0 saturated carbocycles. The molecule has 0 atom stereocenters. The van der Waals surface area contributed by atoms with Crippen molar-refractivity contribution in [2.75, 3.05) is 6.54 Å². The first kappa shape index (κ1) is 13.3. The fourth-order valence-electron chi connectivity index (χ4n) is 1.90. The molecule has 0 aliphatic carbocycles. The van der Waals surface area contributed by atoms with Gasteiger partial charge in [-0.05, 0) is 24.6 Å². The quantitative estimate of drug-likeness (QED) is 0.632. The van der Waals surface area contributed by atoms with E-state index in [0.29, 0.717) is 0 Å². The zero-order valence-corrected chi connectivity index (χ0v) is 10.8. The molecular formula is C14H26N2. The summed E-state index contributed by atoms with van der Waals surface area (Å²) in [6, 6.07) is 2.22. The highest BCUT2D eigenvalue weighted by Gasteiger charge is 1.96. The predicted octanol–water partition coefficient (Wildman–Crippen LogP) is 3.57. The maximum absolute atomic E-state index is 3.35. The van der Waals surface area contributed by atoms with Crippen molar-refractivity contribution < 1.29 is 0 Å². The molecule has 0 spiro atoms. The summed E-state index contributed by atoms with van der Waals surface area (Å²) in [6.45, 7) is 7.63. The fourth-order valence-corrected chi connectivity index (χ4v) is 1.90. The van der Waals surface area contributed by atoms with Crippen LogP contribution in [0, 0.1) is 0 Å². The van der Waals surface area contributed by atoms with E-state index in [-0.39, 0.29) is 0 Å². The second-order valence-corrected chi connectivity index (χ2v) is 4.45. The van der Waals surface area contributed by atoms with Gasteiger partial charge >= 0.3 is 0 Å². The highest BCUT2D eigenvalue weighted by atomic mass is 14.9. The van der Waals surface area contributed by atoms with Crippen molar-refractivity contribution >= 4 is 0 Å². The largest absolute Gasteiger partial charge is 0.354 e. The molecule has 0 aliphatic heterocycles. The van der Waals surface area contributed by atoms with Crippen molar-refractivity contribution in [2.45, 2.75) is 59.0 Å². The average Bonchev–Trinajstić information content (AvgIpc) is 2.74. The second kappa shape index (κ2) is 8.40. The molecule has 2 nitrogen and oxygen atoms in total. The Balaban J connectivity index is 2.14. The molecule has 16 heavy (non-hydrogen) atoms. The first-order valence-electron chi connectivity index (χ1n) is 6.72. The van der Waals surface area contributed by atoms with E-state index in [0.717, 1.165) is 13.1 Å². The maximum Gasteiger partial charge on any atom is 0.0220 e. The molecule has 0 aromatic carbocycles. The first-order chi connectivity index (χ1) is 7.86. The van der Waals surface area contributed by atoms with Crippen molar-refractivity contribution in [3.63, 3.8) is 0 Å². The van der Waals surface area contributed by atoms with Gasteiger partial charge in [0.1, 0.15) is 0 Å². The summed E-state index contributed by atoms with van der Waals surface area (Å²) in [7, 11) is 0. The van der Waals surface area contributed by atoms with E-state index in [4.69, 9.17) is 0 Å². The van der Waals surface area contributed by atoms with Gasteiger partial charge in [0.05, 0.1) is 0 Å². The van der Waals surface area contributed by atoms with Crippen LogP contribution in [0.1, 0.15) is 51.5 Å². The van der Waals surface area contributed by atoms with Crippen LogP contribution in [0.3, 0.4) is 0 Å². The smallest absolute Gasteiger partial charge is 0.0220 e. The Labute approximate surface area is 100 Å². The summed E-state index contributed by atoms with van der Waals surface area (Å²) in [5, 5.41) is 3.35. The number of unbranched alkanes of at least 4 members (excludes halogenated alkanes) is 4. The molecule has 0 bridgehead atoms. The lowest BCUT2D eigenvalue weighted by Crippen LogP contribution is -2.11. The monoisotopic (exact) mass is 222 g/mol. The zero-order valence-electron chi connectivity index (χ0n) is 10.8. The standard InChI is InChI=1S/C14H26N2/c1-3-5-6-7-8-10-16-11-9-14(13-16)12-15-4-2/h9,11,13,15H,3-8,10,12H2,1-2H3. The first-order valence-corrected chi connectivity index (χ1v) is 6.72. The third kappa shape index (κ3) is 5.36. The molecule has 1 rings (SSSR count). The van der Waals surface area contributed by atoms with Gasteiger partial charge in [-0.2, -0.15) is 0 Å². The summed E-state index contributed by atoms with van der Waals surface area (Å²) in [5.41, 5.74) is 1.40. The van der Waals surface area contributed by atoms with Crippen molar-refractivity contribution in [1.29, 1.82) is 0 Å². The van der Waals surface area contributed by atoms with E-state index in [1.165, 1.54) is 44.2 Å². The number of aromatic nitrogens is 1. The second-order valence-electron chi connectivity index (χ2n) is 4.45. The Morgan fingerprint density at radius 1 is 1.12 bits per heavy atom. The van der Waals surface area contributed by atoms with Crippen LogP contribution in [0.4, 0.5) is 0 Å². The van der Waals surface area contributed by atoms with Crippen LogP contribution < -0.4 is 5.32 Å². The lowest BCUT2D eigenvalue weighted by atomic mass is 10.1. The molecule has 0 saturated heterocycles. The predicted molar refractivity (Wildman–Crippen MR) is 70.6 cm³/mol. The molecule has 2 heteroatoms. The van der Waals surface area contributed by atoms with Crippen molar-refractivity contribution in [3.8, 4) is 0 Å². The summed E-state index contributed by atoms with van der Waals surface area (Å²) >= 11 is 0. The normalized spacial score (nSPS) is 10.9. The Morgan fingerprint density at radius 3 is 2.69 bits per heavy atom. The summed E-state index contributed by atoms with van der Waals surface area (Å²) < 4.78 is 2.32. The van der Waals surface area contributed by atoms with Crippen LogP contribution in [0.25, 0.3) is 0 Å². The highest BCUT2D eigenvalue weighted by molar-refractivity contribution is 5.09. The molecular weight excluding hydrogens is 196 g/mol. The van der Waals surface area contributed by atoms with Gasteiger partial charge in [0.25, 0.3) is 0 Å². The van der Waals surface area contributed by atoms with Gasteiger partial charge in [-0.25, -0.2) is 0 Å². The van der Waals surface area contributed by atoms with Crippen LogP contribution >= 0.6 is 0 Å². The molecule has 0 amide bonds. The topological polar surface area (TPSA) is 17.0 Å². The minimum atomic E-state index is 0.999. The van der Waals surface area contributed by atoms with Gasteiger partial charge in [-0.3, -0.25) is 0 Å². The van der Waals surface area contributed by atoms with Crippen LogP contribution in [-0.4, -0.2) is 11.1 Å².